The molecule has 27 heavy (non-hydrogen) atoms. The van der Waals surface area contributed by atoms with Crippen LogP contribution in [0, 0.1) is 0 Å². The number of thiazole rings is 1. The standard InChI is InChI=1S/C19H20N4O2S2/c1-2-3-4-11-25-14-7-5-13(6-8-14)21-19(26)23-17(24)18-22-15-9-10-20-12-16(15)27-18/h5-10,12H,2-4,11H2,1H3,(H2,21,23,24,26). The van der Waals surface area contributed by atoms with Crippen molar-refractivity contribution < 1.29 is 9.53 Å². The van der Waals surface area contributed by atoms with Crippen LogP contribution >= 0.6 is 23.6 Å². The number of unbranched alkanes of at least 4 members (excludes halogenated alkanes) is 2. The largest absolute Gasteiger partial charge is 0.494 e. The summed E-state index contributed by atoms with van der Waals surface area (Å²) in [4.78, 5) is 20.6. The zero-order chi connectivity index (χ0) is 19.1. The Balaban J connectivity index is 1.51. The Kier molecular flexibility index (Phi) is 6.67. The summed E-state index contributed by atoms with van der Waals surface area (Å²) in [7, 11) is 0. The van der Waals surface area contributed by atoms with Gasteiger partial charge in [0.2, 0.25) is 0 Å². The van der Waals surface area contributed by atoms with Crippen LogP contribution in [-0.4, -0.2) is 27.6 Å². The molecule has 0 aliphatic heterocycles. The molecule has 1 aromatic carbocycles. The number of anilines is 1. The quantitative estimate of drug-likeness (QED) is 0.453. The first-order chi connectivity index (χ1) is 13.2. The topological polar surface area (TPSA) is 76.1 Å². The molecule has 0 radical (unpaired) electrons. The van der Waals surface area contributed by atoms with E-state index in [9.17, 15) is 4.79 Å². The van der Waals surface area contributed by atoms with Crippen LogP contribution in [0.2, 0.25) is 0 Å². The number of rotatable bonds is 7. The molecule has 0 saturated carbocycles. The second-order valence-corrected chi connectivity index (χ2v) is 7.29. The molecule has 0 unspecified atom stereocenters. The first-order valence-corrected chi connectivity index (χ1v) is 9.94. The molecule has 3 rings (SSSR count). The third-order valence-corrected chi connectivity index (χ3v) is 4.95. The second-order valence-electron chi connectivity index (χ2n) is 5.85. The molecule has 2 aromatic heterocycles. The highest BCUT2D eigenvalue weighted by Crippen LogP contribution is 2.20. The number of nitrogens with zero attached hydrogens (tertiary/aromatic N) is 2. The van der Waals surface area contributed by atoms with Gasteiger partial charge in [0, 0.05) is 18.1 Å². The van der Waals surface area contributed by atoms with E-state index < -0.39 is 0 Å². The summed E-state index contributed by atoms with van der Waals surface area (Å²) in [5, 5.41) is 6.20. The average molecular weight is 401 g/mol. The minimum Gasteiger partial charge on any atom is -0.494 e. The van der Waals surface area contributed by atoms with Crippen LogP contribution in [0.4, 0.5) is 5.69 Å². The van der Waals surface area contributed by atoms with Crippen molar-refractivity contribution >= 4 is 50.5 Å². The lowest BCUT2D eigenvalue weighted by Gasteiger charge is -2.10. The molecule has 8 heteroatoms. The number of hydrogen-bond donors (Lipinski definition) is 2. The number of ether oxygens (including phenoxy) is 1. The van der Waals surface area contributed by atoms with E-state index in [1.807, 2.05) is 24.3 Å². The molecule has 0 atom stereocenters. The lowest BCUT2D eigenvalue weighted by molar-refractivity contribution is 0.0977. The smallest absolute Gasteiger partial charge is 0.286 e. The summed E-state index contributed by atoms with van der Waals surface area (Å²) in [6.07, 6.45) is 6.72. The minimum absolute atomic E-state index is 0.217. The third-order valence-electron chi connectivity index (χ3n) is 3.74. The number of benzene rings is 1. The van der Waals surface area contributed by atoms with Gasteiger partial charge >= 0.3 is 0 Å². The molecule has 140 valence electrons. The Morgan fingerprint density at radius 3 is 2.78 bits per heavy atom. The Bertz CT molecular complexity index is 892. The monoisotopic (exact) mass is 400 g/mol. The van der Waals surface area contributed by atoms with E-state index >= 15 is 0 Å². The van der Waals surface area contributed by atoms with Gasteiger partial charge in [-0.15, -0.1) is 11.3 Å². The summed E-state index contributed by atoms with van der Waals surface area (Å²) in [5.41, 5.74) is 1.52. The zero-order valence-corrected chi connectivity index (χ0v) is 16.5. The SMILES string of the molecule is CCCCCOc1ccc(NC(=S)NC(=O)c2nc3ccncc3s2)cc1. The average Bonchev–Trinajstić information content (AvgIpc) is 3.11. The number of amides is 1. The van der Waals surface area contributed by atoms with E-state index in [1.165, 1.54) is 24.2 Å². The van der Waals surface area contributed by atoms with Crippen molar-refractivity contribution in [2.24, 2.45) is 0 Å². The van der Waals surface area contributed by atoms with Crippen molar-refractivity contribution in [1.29, 1.82) is 0 Å². The van der Waals surface area contributed by atoms with Gasteiger partial charge in [-0.2, -0.15) is 0 Å². The molecule has 2 heterocycles. The van der Waals surface area contributed by atoms with Crippen molar-refractivity contribution in [3.05, 3.63) is 47.7 Å². The molecule has 0 fully saturated rings. The van der Waals surface area contributed by atoms with Gasteiger partial charge in [0.1, 0.15) is 5.75 Å². The summed E-state index contributed by atoms with van der Waals surface area (Å²) in [6.45, 7) is 2.88. The maximum Gasteiger partial charge on any atom is 0.286 e. The fourth-order valence-corrected chi connectivity index (χ4v) is 3.41. The zero-order valence-electron chi connectivity index (χ0n) is 14.9. The molecule has 0 bridgehead atoms. The number of carbonyl (C=O) groups is 1. The Hall–Kier alpha value is -2.58. The first-order valence-electron chi connectivity index (χ1n) is 8.71. The van der Waals surface area contributed by atoms with Gasteiger partial charge in [-0.3, -0.25) is 15.1 Å². The molecule has 0 saturated heterocycles. The predicted molar refractivity (Wildman–Crippen MR) is 113 cm³/mol. The third kappa shape index (κ3) is 5.45. The van der Waals surface area contributed by atoms with Crippen molar-refractivity contribution in [2.75, 3.05) is 11.9 Å². The van der Waals surface area contributed by atoms with E-state index in [0.717, 1.165) is 28.1 Å². The molecular formula is C19H20N4O2S2. The highest BCUT2D eigenvalue weighted by molar-refractivity contribution is 7.80. The second kappa shape index (κ2) is 9.38. The van der Waals surface area contributed by atoms with Crippen molar-refractivity contribution in [3.8, 4) is 5.75 Å². The molecule has 0 aliphatic carbocycles. The lowest BCUT2D eigenvalue weighted by atomic mass is 10.2. The number of aromatic nitrogens is 2. The number of pyridine rings is 1. The van der Waals surface area contributed by atoms with Gasteiger partial charge in [0.15, 0.2) is 10.1 Å². The van der Waals surface area contributed by atoms with Crippen LogP contribution in [0.25, 0.3) is 10.2 Å². The predicted octanol–water partition coefficient (Wildman–Crippen LogP) is 4.39. The summed E-state index contributed by atoms with van der Waals surface area (Å²) < 4.78 is 6.53. The number of thiocarbonyl (C=S) groups is 1. The van der Waals surface area contributed by atoms with Gasteiger partial charge < -0.3 is 10.1 Å². The Labute approximate surface area is 167 Å². The number of nitrogens with one attached hydrogen (secondary N) is 2. The van der Waals surface area contributed by atoms with Gasteiger partial charge in [0.25, 0.3) is 5.91 Å². The van der Waals surface area contributed by atoms with E-state index in [4.69, 9.17) is 17.0 Å². The van der Waals surface area contributed by atoms with Crippen LogP contribution in [-0.2, 0) is 0 Å². The maximum atomic E-state index is 12.3. The van der Waals surface area contributed by atoms with Crippen LogP contribution in [0.3, 0.4) is 0 Å². The summed E-state index contributed by atoms with van der Waals surface area (Å²) in [6, 6.07) is 9.23. The maximum absolute atomic E-state index is 12.3. The Morgan fingerprint density at radius 2 is 2.04 bits per heavy atom. The fourth-order valence-electron chi connectivity index (χ4n) is 2.37. The Morgan fingerprint density at radius 1 is 1.22 bits per heavy atom. The van der Waals surface area contributed by atoms with Crippen LogP contribution < -0.4 is 15.4 Å². The molecule has 1 amide bonds. The lowest BCUT2D eigenvalue weighted by Crippen LogP contribution is -2.34. The number of fused-ring (bicyclic) bond motifs is 1. The highest BCUT2D eigenvalue weighted by Gasteiger charge is 2.13. The summed E-state index contributed by atoms with van der Waals surface area (Å²) >= 11 is 6.49. The van der Waals surface area contributed by atoms with Crippen LogP contribution in [0.5, 0.6) is 5.75 Å². The van der Waals surface area contributed by atoms with Gasteiger partial charge in [0.05, 0.1) is 16.8 Å². The highest BCUT2D eigenvalue weighted by atomic mass is 32.1. The first kappa shape index (κ1) is 19.2. The molecular weight excluding hydrogens is 380 g/mol. The van der Waals surface area contributed by atoms with Crippen LogP contribution in [0.1, 0.15) is 36.0 Å². The number of hydrogen-bond acceptors (Lipinski definition) is 6. The number of carbonyl (C=O) groups excluding carboxylic acids is 1. The van der Waals surface area contributed by atoms with Crippen LogP contribution in [0.15, 0.2) is 42.7 Å². The molecule has 6 nitrogen and oxygen atoms in total. The van der Waals surface area contributed by atoms with Gasteiger partial charge in [-0.25, -0.2) is 4.98 Å². The minimum atomic E-state index is -0.343. The van der Waals surface area contributed by atoms with E-state index in [2.05, 4.69) is 27.5 Å². The molecule has 0 aliphatic rings. The van der Waals surface area contributed by atoms with E-state index in [1.54, 1.807) is 18.5 Å². The fraction of sp³-hybridized carbons (Fsp3) is 0.263. The van der Waals surface area contributed by atoms with Crippen molar-refractivity contribution in [3.63, 3.8) is 0 Å². The molecule has 3 aromatic rings. The summed E-state index contributed by atoms with van der Waals surface area (Å²) in [5.74, 6) is 0.472. The molecule has 0 spiro atoms. The van der Waals surface area contributed by atoms with E-state index in [-0.39, 0.29) is 11.0 Å². The van der Waals surface area contributed by atoms with Crippen molar-refractivity contribution in [1.82, 2.24) is 15.3 Å². The van der Waals surface area contributed by atoms with Gasteiger partial charge in [-0.1, -0.05) is 19.8 Å². The van der Waals surface area contributed by atoms with E-state index in [0.29, 0.717) is 11.6 Å². The van der Waals surface area contributed by atoms with Gasteiger partial charge in [-0.05, 0) is 49.0 Å². The molecule has 2 N–H and O–H groups in total. The normalized spacial score (nSPS) is 10.6. The van der Waals surface area contributed by atoms with Crippen molar-refractivity contribution in [2.45, 2.75) is 26.2 Å².